The van der Waals surface area contributed by atoms with Gasteiger partial charge < -0.3 is 18.6 Å². The predicted octanol–water partition coefficient (Wildman–Crippen LogP) is 12.4. The standard InChI is InChI=1S/C46H59BrO6/c1-28(2)8-7-9-29(3)31-10-19-39-37-17-11-32-24-36(20-23-46(32,6)40(37)21-22-45(39,5)26-31)52-42(48)27-50-35-16-18-38-41(25-35)51-30(4)44(43(38)49)53-34-14-12-33(47)13-15-34/h11-16,18,25,28-29,31,36-37,39-40H,7-10,17,19-24,26-27H2,1-6H3/t29?,31?,36?,37?,39?,40?,45-,46+/m1/s1. The lowest BCUT2D eigenvalue weighted by Gasteiger charge is -2.61. The second kappa shape index (κ2) is 15.6. The fraction of sp³-hybridized carbons (Fsp3) is 0.609. The van der Waals surface area contributed by atoms with Gasteiger partial charge in [-0.05, 0) is 141 Å². The molecule has 4 aliphatic rings. The van der Waals surface area contributed by atoms with Crippen molar-refractivity contribution >= 4 is 32.9 Å². The van der Waals surface area contributed by atoms with Crippen LogP contribution < -0.4 is 14.9 Å². The van der Waals surface area contributed by atoms with Gasteiger partial charge in [0.25, 0.3) is 0 Å². The maximum atomic E-state index is 13.3. The minimum Gasteiger partial charge on any atom is -0.482 e. The molecule has 0 amide bonds. The first-order valence-electron chi connectivity index (χ1n) is 20.4. The molecule has 7 rings (SSSR count). The number of fused-ring (bicyclic) bond motifs is 6. The summed E-state index contributed by atoms with van der Waals surface area (Å²) in [5.74, 6) is 6.03. The number of esters is 1. The zero-order valence-electron chi connectivity index (χ0n) is 32.7. The molecule has 4 aliphatic carbocycles. The van der Waals surface area contributed by atoms with Crippen LogP contribution in [0.25, 0.3) is 11.0 Å². The quantitative estimate of drug-likeness (QED) is 0.142. The summed E-state index contributed by atoms with van der Waals surface area (Å²) < 4.78 is 24.6. The first-order chi connectivity index (χ1) is 25.3. The molecule has 6 unspecified atom stereocenters. The van der Waals surface area contributed by atoms with E-state index >= 15 is 0 Å². The third-order valence-electron chi connectivity index (χ3n) is 14.1. The smallest absolute Gasteiger partial charge is 0.344 e. The Kier molecular flexibility index (Phi) is 11.2. The molecule has 2 aromatic carbocycles. The summed E-state index contributed by atoms with van der Waals surface area (Å²) >= 11 is 3.41. The van der Waals surface area contributed by atoms with Crippen molar-refractivity contribution < 1.29 is 23.4 Å². The average Bonchev–Trinajstić information content (AvgIpc) is 3.12. The van der Waals surface area contributed by atoms with E-state index in [1.807, 2.05) is 12.1 Å². The van der Waals surface area contributed by atoms with Gasteiger partial charge in [-0.1, -0.05) is 81.5 Å². The fourth-order valence-electron chi connectivity index (χ4n) is 11.1. The molecule has 53 heavy (non-hydrogen) atoms. The maximum Gasteiger partial charge on any atom is 0.344 e. The first-order valence-corrected chi connectivity index (χ1v) is 21.1. The molecular weight excluding hydrogens is 728 g/mol. The summed E-state index contributed by atoms with van der Waals surface area (Å²) in [4.78, 5) is 26.3. The van der Waals surface area contributed by atoms with E-state index in [0.29, 0.717) is 33.6 Å². The topological polar surface area (TPSA) is 75.0 Å². The Morgan fingerprint density at radius 3 is 2.51 bits per heavy atom. The second-order valence-corrected chi connectivity index (χ2v) is 18.9. The Morgan fingerprint density at radius 1 is 0.962 bits per heavy atom. The molecule has 0 saturated heterocycles. The second-order valence-electron chi connectivity index (χ2n) is 18.0. The Bertz CT molecular complexity index is 1880. The van der Waals surface area contributed by atoms with E-state index in [1.54, 1.807) is 37.3 Å². The number of aryl methyl sites for hydroxylation is 1. The number of allylic oxidation sites excluding steroid dienone is 1. The van der Waals surface area contributed by atoms with Crippen LogP contribution >= 0.6 is 15.9 Å². The summed E-state index contributed by atoms with van der Waals surface area (Å²) in [7, 11) is 0. The van der Waals surface area contributed by atoms with Gasteiger partial charge >= 0.3 is 5.97 Å². The van der Waals surface area contributed by atoms with Crippen LogP contribution in [-0.2, 0) is 9.53 Å². The van der Waals surface area contributed by atoms with Gasteiger partial charge in [0.05, 0.1) is 5.39 Å². The lowest BCUT2D eigenvalue weighted by atomic mass is 9.44. The molecule has 0 spiro atoms. The number of carbonyl (C=O) groups excluding carboxylic acids is 1. The van der Waals surface area contributed by atoms with Crippen LogP contribution in [0.15, 0.2) is 67.8 Å². The normalized spacial score (nSPS) is 30.1. The number of halogens is 1. The zero-order valence-corrected chi connectivity index (χ0v) is 34.3. The summed E-state index contributed by atoms with van der Waals surface area (Å²) in [5.41, 5.74) is 2.32. The van der Waals surface area contributed by atoms with Crippen LogP contribution in [0.3, 0.4) is 0 Å². The number of ether oxygens (including phenoxy) is 3. The summed E-state index contributed by atoms with van der Waals surface area (Å²) in [5, 5.41) is 0.378. The van der Waals surface area contributed by atoms with Crippen molar-refractivity contribution in [3.8, 4) is 17.2 Å². The third-order valence-corrected chi connectivity index (χ3v) is 14.6. The highest BCUT2D eigenvalue weighted by Crippen LogP contribution is 2.65. The molecule has 1 aromatic heterocycles. The van der Waals surface area contributed by atoms with Crippen molar-refractivity contribution in [1.29, 1.82) is 0 Å². The molecule has 6 nitrogen and oxygen atoms in total. The number of benzene rings is 2. The van der Waals surface area contributed by atoms with Gasteiger partial charge in [0.2, 0.25) is 11.2 Å². The fourth-order valence-corrected chi connectivity index (χ4v) is 11.3. The van der Waals surface area contributed by atoms with E-state index in [2.05, 4.69) is 56.6 Å². The monoisotopic (exact) mass is 786 g/mol. The molecule has 0 bridgehead atoms. The van der Waals surface area contributed by atoms with Crippen molar-refractivity contribution in [2.45, 2.75) is 125 Å². The highest BCUT2D eigenvalue weighted by molar-refractivity contribution is 9.10. The number of rotatable bonds is 11. The molecule has 0 radical (unpaired) electrons. The van der Waals surface area contributed by atoms with E-state index in [-0.39, 0.29) is 35.3 Å². The molecule has 1 heterocycles. The van der Waals surface area contributed by atoms with Crippen LogP contribution in [0.2, 0.25) is 0 Å². The Hall–Kier alpha value is -3.06. The van der Waals surface area contributed by atoms with Crippen molar-refractivity contribution in [3.05, 3.63) is 74.6 Å². The predicted molar refractivity (Wildman–Crippen MR) is 214 cm³/mol. The van der Waals surface area contributed by atoms with Crippen LogP contribution in [-0.4, -0.2) is 18.7 Å². The van der Waals surface area contributed by atoms with Gasteiger partial charge in [-0.25, -0.2) is 4.79 Å². The Balaban J connectivity index is 0.932. The molecule has 7 heteroatoms. The first kappa shape index (κ1) is 38.2. The summed E-state index contributed by atoms with van der Waals surface area (Å²) in [6.07, 6.45) is 17.5. The molecular formula is C46H59BrO6. The number of carbonyl (C=O) groups is 1. The summed E-state index contributed by atoms with van der Waals surface area (Å²) in [6.45, 7) is 13.9. The largest absolute Gasteiger partial charge is 0.482 e. The molecule has 286 valence electrons. The molecule has 3 fully saturated rings. The van der Waals surface area contributed by atoms with Crippen molar-refractivity contribution in [1.82, 2.24) is 0 Å². The molecule has 3 aromatic rings. The molecule has 0 aliphatic heterocycles. The van der Waals surface area contributed by atoms with E-state index in [0.717, 1.165) is 59.2 Å². The van der Waals surface area contributed by atoms with Crippen LogP contribution in [0.1, 0.15) is 117 Å². The highest BCUT2D eigenvalue weighted by atomic mass is 79.9. The van der Waals surface area contributed by atoms with Crippen molar-refractivity contribution in [2.24, 2.45) is 46.3 Å². The summed E-state index contributed by atoms with van der Waals surface area (Å²) in [6, 6.07) is 12.2. The van der Waals surface area contributed by atoms with Crippen molar-refractivity contribution in [3.63, 3.8) is 0 Å². The van der Waals surface area contributed by atoms with Crippen molar-refractivity contribution in [2.75, 3.05) is 6.61 Å². The van der Waals surface area contributed by atoms with Crippen LogP contribution in [0, 0.1) is 53.3 Å². The van der Waals surface area contributed by atoms with Crippen LogP contribution in [0.4, 0.5) is 0 Å². The minimum atomic E-state index is -0.368. The average molecular weight is 788 g/mol. The number of hydrogen-bond donors (Lipinski definition) is 0. The lowest BCUT2D eigenvalue weighted by molar-refractivity contribution is -0.154. The van der Waals surface area contributed by atoms with Crippen LogP contribution in [0.5, 0.6) is 17.2 Å². The van der Waals surface area contributed by atoms with Gasteiger partial charge in [-0.3, -0.25) is 4.79 Å². The van der Waals surface area contributed by atoms with E-state index in [4.69, 9.17) is 18.6 Å². The van der Waals surface area contributed by atoms with Gasteiger partial charge in [0.15, 0.2) is 6.61 Å². The minimum absolute atomic E-state index is 0.120. The lowest BCUT2D eigenvalue weighted by Crippen LogP contribution is -2.52. The number of hydrogen-bond acceptors (Lipinski definition) is 6. The molecule has 0 N–H and O–H groups in total. The Morgan fingerprint density at radius 2 is 1.74 bits per heavy atom. The Labute approximate surface area is 324 Å². The van der Waals surface area contributed by atoms with Gasteiger partial charge in [0.1, 0.15) is 28.9 Å². The molecule has 3 saturated carbocycles. The van der Waals surface area contributed by atoms with Gasteiger partial charge in [0, 0.05) is 17.0 Å². The van der Waals surface area contributed by atoms with Gasteiger partial charge in [-0.2, -0.15) is 0 Å². The van der Waals surface area contributed by atoms with E-state index < -0.39 is 0 Å². The molecule has 8 atom stereocenters. The highest BCUT2D eigenvalue weighted by Gasteiger charge is 2.56. The van der Waals surface area contributed by atoms with Gasteiger partial charge in [-0.15, -0.1) is 0 Å². The maximum absolute atomic E-state index is 13.3. The third kappa shape index (κ3) is 8.02. The SMILES string of the molecule is Cc1oc2cc(OCC(=O)OC3CC[C@@]4(C)C(=CCC5C6CCC(C(C)CCCC(C)C)C[C@@]6(C)CCC54)C3)ccc2c(=O)c1Oc1ccc(Br)cc1. The van der Waals surface area contributed by atoms with E-state index in [9.17, 15) is 9.59 Å². The zero-order chi connectivity index (χ0) is 37.5. The van der Waals surface area contributed by atoms with E-state index in [1.165, 1.54) is 63.4 Å².